The van der Waals surface area contributed by atoms with E-state index in [4.69, 9.17) is 5.11 Å². The molecule has 104 valence electrons. The molecule has 2 N–H and O–H groups in total. The zero-order valence-electron chi connectivity index (χ0n) is 10.5. The molecule has 0 fully saturated rings. The maximum Gasteiger partial charge on any atom is 0.326 e. The number of carboxylic acids is 1. The number of hydrogen-bond acceptors (Lipinski definition) is 2. The maximum absolute atomic E-state index is 13.3. The lowest BCUT2D eigenvalue weighted by Crippen LogP contribution is -2.40. The van der Waals surface area contributed by atoms with Crippen LogP contribution < -0.4 is 5.32 Å². The summed E-state index contributed by atoms with van der Waals surface area (Å²) in [5.74, 6) is -2.23. The summed E-state index contributed by atoms with van der Waals surface area (Å²) in [6.07, 6.45) is 1.90. The van der Waals surface area contributed by atoms with Gasteiger partial charge in [0.2, 0.25) is 0 Å². The van der Waals surface area contributed by atoms with Gasteiger partial charge in [-0.1, -0.05) is 19.8 Å². The lowest BCUT2D eigenvalue weighted by Gasteiger charge is -2.14. The highest BCUT2D eigenvalue weighted by Crippen LogP contribution is 2.16. The fraction of sp³-hybridized carbons (Fsp3) is 0.385. The molecule has 0 heterocycles. The van der Waals surface area contributed by atoms with E-state index < -0.39 is 23.7 Å². The van der Waals surface area contributed by atoms with E-state index in [2.05, 4.69) is 21.2 Å². The third kappa shape index (κ3) is 4.63. The van der Waals surface area contributed by atoms with Gasteiger partial charge in [0.1, 0.15) is 11.9 Å². The molecular formula is C13H15BrFNO3. The Morgan fingerprint density at radius 2 is 2.16 bits per heavy atom. The van der Waals surface area contributed by atoms with Crippen molar-refractivity contribution in [3.8, 4) is 0 Å². The van der Waals surface area contributed by atoms with Crippen LogP contribution in [0.25, 0.3) is 0 Å². The van der Waals surface area contributed by atoms with Gasteiger partial charge in [-0.25, -0.2) is 9.18 Å². The fourth-order valence-electron chi connectivity index (χ4n) is 1.54. The molecule has 1 amide bonds. The zero-order chi connectivity index (χ0) is 14.4. The number of benzene rings is 1. The van der Waals surface area contributed by atoms with Gasteiger partial charge in [-0.2, -0.15) is 0 Å². The predicted octanol–water partition coefficient (Wildman–Crippen LogP) is 2.96. The van der Waals surface area contributed by atoms with Crippen molar-refractivity contribution in [1.29, 1.82) is 0 Å². The van der Waals surface area contributed by atoms with Crippen molar-refractivity contribution in [2.24, 2.45) is 0 Å². The van der Waals surface area contributed by atoms with E-state index in [1.165, 1.54) is 12.1 Å². The van der Waals surface area contributed by atoms with Crippen LogP contribution in [0.2, 0.25) is 0 Å². The number of aliphatic carboxylic acids is 1. The number of unbranched alkanes of at least 4 members (excludes halogenated alkanes) is 1. The lowest BCUT2D eigenvalue weighted by molar-refractivity contribution is -0.139. The van der Waals surface area contributed by atoms with Gasteiger partial charge >= 0.3 is 5.97 Å². The number of carboxylic acid groups (broad SMARTS) is 1. The SMILES string of the molecule is CCCCC(NC(=O)c1ccc(Br)c(F)c1)C(=O)O. The second-order valence-electron chi connectivity index (χ2n) is 4.14. The van der Waals surface area contributed by atoms with Gasteiger partial charge in [0.05, 0.1) is 4.47 Å². The molecule has 1 aromatic carbocycles. The fourth-order valence-corrected chi connectivity index (χ4v) is 1.79. The van der Waals surface area contributed by atoms with Crippen molar-refractivity contribution in [2.45, 2.75) is 32.2 Å². The first kappa shape index (κ1) is 15.6. The van der Waals surface area contributed by atoms with E-state index in [1.54, 1.807) is 0 Å². The van der Waals surface area contributed by atoms with Crippen LogP contribution >= 0.6 is 15.9 Å². The molecule has 1 atom stereocenters. The Labute approximate surface area is 119 Å². The molecule has 19 heavy (non-hydrogen) atoms. The lowest BCUT2D eigenvalue weighted by atomic mass is 10.1. The molecule has 0 aliphatic heterocycles. The summed E-state index contributed by atoms with van der Waals surface area (Å²) in [7, 11) is 0. The molecule has 0 spiro atoms. The molecule has 1 unspecified atom stereocenters. The van der Waals surface area contributed by atoms with E-state index in [0.29, 0.717) is 12.8 Å². The smallest absolute Gasteiger partial charge is 0.326 e. The van der Waals surface area contributed by atoms with Crippen molar-refractivity contribution >= 4 is 27.8 Å². The van der Waals surface area contributed by atoms with E-state index in [-0.39, 0.29) is 10.0 Å². The van der Waals surface area contributed by atoms with Crippen LogP contribution in [0.3, 0.4) is 0 Å². The van der Waals surface area contributed by atoms with Gasteiger partial charge < -0.3 is 10.4 Å². The van der Waals surface area contributed by atoms with Crippen LogP contribution in [0, 0.1) is 5.82 Å². The number of halogens is 2. The number of carbonyl (C=O) groups excluding carboxylic acids is 1. The molecule has 0 aliphatic rings. The van der Waals surface area contributed by atoms with Gasteiger partial charge in [0, 0.05) is 5.56 Å². The predicted molar refractivity (Wildman–Crippen MR) is 72.5 cm³/mol. The van der Waals surface area contributed by atoms with Crippen molar-refractivity contribution in [2.75, 3.05) is 0 Å². The van der Waals surface area contributed by atoms with Gasteiger partial charge in [0.25, 0.3) is 5.91 Å². The van der Waals surface area contributed by atoms with Crippen molar-refractivity contribution < 1.29 is 19.1 Å². The Morgan fingerprint density at radius 3 is 2.68 bits per heavy atom. The molecule has 0 radical (unpaired) electrons. The normalized spacial score (nSPS) is 11.9. The van der Waals surface area contributed by atoms with Gasteiger partial charge in [-0.05, 0) is 40.5 Å². The number of amides is 1. The summed E-state index contributed by atoms with van der Waals surface area (Å²) < 4.78 is 13.5. The first-order valence-corrected chi connectivity index (χ1v) is 6.73. The highest BCUT2D eigenvalue weighted by atomic mass is 79.9. The highest BCUT2D eigenvalue weighted by molar-refractivity contribution is 9.10. The summed E-state index contributed by atoms with van der Waals surface area (Å²) in [5, 5.41) is 11.4. The first-order chi connectivity index (χ1) is 8.95. The van der Waals surface area contributed by atoms with Gasteiger partial charge in [-0.15, -0.1) is 0 Å². The standard InChI is InChI=1S/C13H15BrFNO3/c1-2-3-4-11(13(18)19)16-12(17)8-5-6-9(14)10(15)7-8/h5-7,11H,2-4H2,1H3,(H,16,17)(H,18,19). The Kier molecular flexibility index (Phi) is 5.95. The first-order valence-electron chi connectivity index (χ1n) is 5.94. The number of rotatable bonds is 6. The zero-order valence-corrected chi connectivity index (χ0v) is 12.0. The Bertz CT molecular complexity index is 479. The van der Waals surface area contributed by atoms with Crippen LogP contribution in [-0.2, 0) is 4.79 Å². The minimum absolute atomic E-state index is 0.100. The molecule has 1 rings (SSSR count). The molecule has 0 saturated carbocycles. The summed E-state index contributed by atoms with van der Waals surface area (Å²) in [6, 6.07) is 2.96. The summed E-state index contributed by atoms with van der Waals surface area (Å²) in [4.78, 5) is 22.8. The minimum atomic E-state index is -1.08. The Morgan fingerprint density at radius 1 is 1.47 bits per heavy atom. The van der Waals surface area contributed by atoms with Crippen molar-refractivity contribution in [3.05, 3.63) is 34.1 Å². The van der Waals surface area contributed by atoms with Crippen LogP contribution in [0.4, 0.5) is 4.39 Å². The quantitative estimate of drug-likeness (QED) is 0.842. The second kappa shape index (κ2) is 7.23. The number of carbonyl (C=O) groups is 2. The Balaban J connectivity index is 2.75. The highest BCUT2D eigenvalue weighted by Gasteiger charge is 2.20. The minimum Gasteiger partial charge on any atom is -0.480 e. The second-order valence-corrected chi connectivity index (χ2v) is 4.99. The van der Waals surface area contributed by atoms with Crippen molar-refractivity contribution in [3.63, 3.8) is 0 Å². The average Bonchev–Trinajstić information content (AvgIpc) is 2.37. The monoisotopic (exact) mass is 331 g/mol. The molecule has 0 aliphatic carbocycles. The van der Waals surface area contributed by atoms with Gasteiger partial charge in [0.15, 0.2) is 0 Å². The molecular weight excluding hydrogens is 317 g/mol. The van der Waals surface area contributed by atoms with Crippen LogP contribution in [-0.4, -0.2) is 23.0 Å². The topological polar surface area (TPSA) is 66.4 Å². The molecule has 1 aromatic rings. The average molecular weight is 332 g/mol. The molecule has 4 nitrogen and oxygen atoms in total. The van der Waals surface area contributed by atoms with Gasteiger partial charge in [-0.3, -0.25) is 4.79 Å². The molecule has 0 bridgehead atoms. The summed E-state index contributed by atoms with van der Waals surface area (Å²) >= 11 is 2.99. The Hall–Kier alpha value is -1.43. The van der Waals surface area contributed by atoms with Crippen LogP contribution in [0.1, 0.15) is 36.5 Å². The number of nitrogens with one attached hydrogen (secondary N) is 1. The summed E-state index contributed by atoms with van der Waals surface area (Å²) in [6.45, 7) is 1.94. The molecule has 6 heteroatoms. The molecule has 0 aromatic heterocycles. The van der Waals surface area contributed by atoms with Crippen LogP contribution in [0.5, 0.6) is 0 Å². The van der Waals surface area contributed by atoms with E-state index in [9.17, 15) is 14.0 Å². The molecule has 0 saturated heterocycles. The number of hydrogen-bond donors (Lipinski definition) is 2. The third-order valence-corrected chi connectivity index (χ3v) is 3.27. The summed E-state index contributed by atoms with van der Waals surface area (Å²) in [5.41, 5.74) is 0.100. The van der Waals surface area contributed by atoms with Crippen molar-refractivity contribution in [1.82, 2.24) is 5.32 Å². The largest absolute Gasteiger partial charge is 0.480 e. The van der Waals surface area contributed by atoms with E-state index in [0.717, 1.165) is 12.5 Å². The van der Waals surface area contributed by atoms with Crippen LogP contribution in [0.15, 0.2) is 22.7 Å². The van der Waals surface area contributed by atoms with E-state index in [1.807, 2.05) is 6.92 Å². The van der Waals surface area contributed by atoms with E-state index >= 15 is 0 Å². The maximum atomic E-state index is 13.3. The third-order valence-electron chi connectivity index (χ3n) is 2.63.